The van der Waals surface area contributed by atoms with Crippen LogP contribution < -0.4 is 11.1 Å². The summed E-state index contributed by atoms with van der Waals surface area (Å²) in [5.74, 6) is 0. The Balaban J connectivity index is 1.53. The van der Waals surface area contributed by atoms with E-state index < -0.39 is 34.5 Å². The SMILES string of the molecule is O=C1N2COCN3C(=O)N4Cn5c(=O)c6ccccc6c(=O)n5CN1C4(c1ccccc1)C23c1ccccc1. The van der Waals surface area contributed by atoms with Gasteiger partial charge in [0.25, 0.3) is 11.1 Å². The first-order valence-corrected chi connectivity index (χ1v) is 12.6. The highest BCUT2D eigenvalue weighted by Gasteiger charge is 2.81. The Morgan fingerprint density at radius 1 is 0.513 bits per heavy atom. The molecule has 0 radical (unpaired) electrons. The van der Waals surface area contributed by atoms with Crippen LogP contribution in [0.2, 0.25) is 0 Å². The third-order valence-corrected chi connectivity index (χ3v) is 8.46. The summed E-state index contributed by atoms with van der Waals surface area (Å²) in [5, 5.41) is 0.515. The quantitative estimate of drug-likeness (QED) is 0.402. The Hall–Kier alpha value is -4.90. The van der Waals surface area contributed by atoms with E-state index in [1.807, 2.05) is 60.7 Å². The van der Waals surface area contributed by atoms with Crippen molar-refractivity contribution in [2.45, 2.75) is 24.7 Å². The average molecular weight is 523 g/mol. The van der Waals surface area contributed by atoms with Gasteiger partial charge in [0.05, 0.1) is 10.8 Å². The van der Waals surface area contributed by atoms with Gasteiger partial charge in [-0.05, 0) is 12.1 Å². The maximum Gasteiger partial charge on any atom is 0.327 e. The molecule has 11 nitrogen and oxygen atoms in total. The topological polar surface area (TPSA) is 100 Å². The zero-order valence-corrected chi connectivity index (χ0v) is 20.6. The van der Waals surface area contributed by atoms with Gasteiger partial charge < -0.3 is 4.74 Å². The minimum absolute atomic E-state index is 0.0458. The van der Waals surface area contributed by atoms with Crippen molar-refractivity contribution in [1.29, 1.82) is 0 Å². The van der Waals surface area contributed by atoms with Crippen LogP contribution in [0.15, 0.2) is 94.5 Å². The number of rotatable bonds is 2. The fraction of sp³-hybridized carbons (Fsp3) is 0.214. The van der Waals surface area contributed by atoms with Crippen LogP contribution in [-0.4, -0.2) is 54.5 Å². The number of carbonyl (C=O) groups excluding carboxylic acids is 2. The van der Waals surface area contributed by atoms with Gasteiger partial charge in [-0.1, -0.05) is 72.8 Å². The van der Waals surface area contributed by atoms with Crippen molar-refractivity contribution in [2.24, 2.45) is 0 Å². The number of urea groups is 2. The number of ether oxygens (including phenoxy) is 1. The van der Waals surface area contributed by atoms with Gasteiger partial charge in [-0.15, -0.1) is 0 Å². The van der Waals surface area contributed by atoms with Crippen molar-refractivity contribution in [3.63, 3.8) is 0 Å². The van der Waals surface area contributed by atoms with Crippen molar-refractivity contribution in [3.05, 3.63) is 117 Å². The first-order valence-electron chi connectivity index (χ1n) is 12.6. The summed E-state index contributed by atoms with van der Waals surface area (Å²) in [6.07, 6.45) is 0. The van der Waals surface area contributed by atoms with Crippen LogP contribution in [0.3, 0.4) is 0 Å². The van der Waals surface area contributed by atoms with Crippen LogP contribution >= 0.6 is 0 Å². The van der Waals surface area contributed by atoms with Gasteiger partial charge in [-0.3, -0.25) is 29.2 Å². The molecular formula is C28H22N6O5. The number of hydrogen-bond acceptors (Lipinski definition) is 5. The second-order valence-corrected chi connectivity index (χ2v) is 10.1. The van der Waals surface area contributed by atoms with E-state index in [-0.39, 0.29) is 37.6 Å². The van der Waals surface area contributed by atoms with Crippen molar-refractivity contribution >= 4 is 22.8 Å². The van der Waals surface area contributed by atoms with Crippen molar-refractivity contribution in [1.82, 2.24) is 29.0 Å². The monoisotopic (exact) mass is 522 g/mol. The summed E-state index contributed by atoms with van der Waals surface area (Å²) in [7, 11) is 0. The number of carbonyl (C=O) groups is 2. The Labute approximate surface area is 221 Å². The zero-order chi connectivity index (χ0) is 26.5. The standard InChI is InChI=1S/C28H22N6O5/c35-23-21-13-7-8-14-22(21)24(36)34-16-30-26(38)32-18-39-17-31-25(37)29(15-33(23)34)27(30,19-9-3-1-4-10-19)28(31,32)20-11-5-2-6-12-20/h1-14H,15-18H2. The van der Waals surface area contributed by atoms with E-state index in [4.69, 9.17) is 4.74 Å². The van der Waals surface area contributed by atoms with Gasteiger partial charge in [-0.2, -0.15) is 0 Å². The first kappa shape index (κ1) is 22.1. The zero-order valence-electron chi connectivity index (χ0n) is 20.6. The van der Waals surface area contributed by atoms with Crippen LogP contribution in [0.5, 0.6) is 0 Å². The lowest BCUT2D eigenvalue weighted by Crippen LogP contribution is -2.65. The van der Waals surface area contributed by atoms with Crippen molar-refractivity contribution in [3.8, 4) is 0 Å². The van der Waals surface area contributed by atoms with Gasteiger partial charge >= 0.3 is 12.1 Å². The summed E-state index contributed by atoms with van der Waals surface area (Å²) in [6.45, 7) is -0.573. The second kappa shape index (κ2) is 7.35. The van der Waals surface area contributed by atoms with Gasteiger partial charge in [0, 0.05) is 11.1 Å². The van der Waals surface area contributed by atoms with Crippen LogP contribution in [0, 0.1) is 0 Å². The minimum Gasteiger partial charge on any atom is -0.340 e. The number of nitrogens with zero attached hydrogens (tertiary/aromatic N) is 6. The lowest BCUT2D eigenvalue weighted by molar-refractivity contribution is -0.180. The normalized spacial score (nSPS) is 25.2. The molecule has 11 heteroatoms. The molecule has 194 valence electrons. The number of amides is 4. The van der Waals surface area contributed by atoms with Crippen molar-refractivity contribution in [2.75, 3.05) is 13.5 Å². The predicted octanol–water partition coefficient (Wildman–Crippen LogP) is 2.22. The Morgan fingerprint density at radius 3 is 1.33 bits per heavy atom. The minimum atomic E-state index is -1.42. The molecule has 0 aliphatic carbocycles. The molecule has 4 aliphatic heterocycles. The molecule has 5 heterocycles. The van der Waals surface area contributed by atoms with Crippen LogP contribution in [0.4, 0.5) is 9.59 Å². The molecule has 0 N–H and O–H groups in total. The second-order valence-electron chi connectivity index (χ2n) is 10.1. The summed E-state index contributed by atoms with van der Waals surface area (Å²) < 4.78 is 8.35. The van der Waals surface area contributed by atoms with E-state index in [0.717, 1.165) is 5.56 Å². The number of fused-ring (bicyclic) bond motifs is 2. The number of aromatic nitrogens is 2. The number of benzene rings is 3. The summed E-state index contributed by atoms with van der Waals surface area (Å²) >= 11 is 0. The molecule has 0 saturated carbocycles. The molecule has 0 unspecified atom stereocenters. The van der Waals surface area contributed by atoms with Gasteiger partial charge in [0.2, 0.25) is 0 Å². The van der Waals surface area contributed by atoms with Gasteiger partial charge in [-0.25, -0.2) is 19.0 Å². The molecular weight excluding hydrogens is 500 g/mol. The maximum absolute atomic E-state index is 14.4. The van der Waals surface area contributed by atoms with E-state index in [1.165, 1.54) is 9.36 Å². The fourth-order valence-electron chi connectivity index (χ4n) is 7.01. The Bertz CT molecular complexity index is 1730. The van der Waals surface area contributed by atoms with Crippen LogP contribution in [0.25, 0.3) is 10.8 Å². The molecule has 3 saturated heterocycles. The van der Waals surface area contributed by atoms with E-state index in [0.29, 0.717) is 5.56 Å². The summed E-state index contributed by atoms with van der Waals surface area (Å²) in [5.41, 5.74) is -2.17. The first-order chi connectivity index (χ1) is 19.0. The summed E-state index contributed by atoms with van der Waals surface area (Å²) in [4.78, 5) is 62.7. The molecule has 4 amide bonds. The highest BCUT2D eigenvalue weighted by Crippen LogP contribution is 2.63. The smallest absolute Gasteiger partial charge is 0.327 e. The van der Waals surface area contributed by atoms with Crippen molar-refractivity contribution < 1.29 is 14.3 Å². The molecule has 39 heavy (non-hydrogen) atoms. The van der Waals surface area contributed by atoms with Gasteiger partial charge in [0.1, 0.15) is 26.8 Å². The highest BCUT2D eigenvalue weighted by atomic mass is 16.5. The lowest BCUT2D eigenvalue weighted by Gasteiger charge is -2.50. The molecule has 4 aromatic rings. The molecule has 4 aliphatic rings. The van der Waals surface area contributed by atoms with E-state index in [2.05, 4.69) is 0 Å². The molecule has 0 spiro atoms. The molecule has 3 aromatic carbocycles. The van der Waals surface area contributed by atoms with E-state index >= 15 is 0 Å². The molecule has 0 atom stereocenters. The molecule has 8 rings (SSSR count). The van der Waals surface area contributed by atoms with Crippen LogP contribution in [0.1, 0.15) is 11.1 Å². The fourth-order valence-corrected chi connectivity index (χ4v) is 7.01. The highest BCUT2D eigenvalue weighted by molar-refractivity contribution is 5.90. The van der Waals surface area contributed by atoms with E-state index in [1.54, 1.807) is 43.9 Å². The molecule has 0 bridgehead atoms. The lowest BCUT2D eigenvalue weighted by atomic mass is 9.80. The van der Waals surface area contributed by atoms with Gasteiger partial charge in [0.15, 0.2) is 11.3 Å². The third-order valence-electron chi connectivity index (χ3n) is 8.46. The largest absolute Gasteiger partial charge is 0.340 e. The Morgan fingerprint density at radius 2 is 0.897 bits per heavy atom. The molecule has 3 fully saturated rings. The molecule has 1 aromatic heterocycles. The number of hydrogen-bond donors (Lipinski definition) is 0. The Kier molecular flexibility index (Phi) is 4.17. The predicted molar refractivity (Wildman–Crippen MR) is 138 cm³/mol. The average Bonchev–Trinajstić information content (AvgIpc) is 3.25. The van der Waals surface area contributed by atoms with Crippen LogP contribution in [-0.2, 0) is 29.4 Å². The third kappa shape index (κ3) is 2.33. The summed E-state index contributed by atoms with van der Waals surface area (Å²) in [6, 6.07) is 24.5. The maximum atomic E-state index is 14.4. The van der Waals surface area contributed by atoms with E-state index in [9.17, 15) is 19.2 Å².